The highest BCUT2D eigenvalue weighted by molar-refractivity contribution is 7.89. The molecule has 0 spiro atoms. The van der Waals surface area contributed by atoms with Gasteiger partial charge in [-0.05, 0) is 53.8 Å². The standard InChI is InChI=1S/C26H30N4O5S/c27-25(28)21-10-6-7-18(15-21)16-23(26(33)29-14-5-1-2-11-24(31)32)30-36(34,35)22-13-12-19-8-3-4-9-20(19)17-22/h3-4,6-10,12-13,15,17,23,30H,1-2,5,11,14,16H2,(H3,27,28)(H,29,33)(H,31,32)/t23-/m0/s1. The Balaban J connectivity index is 1.77. The third-order valence-corrected chi connectivity index (χ3v) is 7.16. The lowest BCUT2D eigenvalue weighted by Gasteiger charge is -2.19. The molecule has 0 aliphatic heterocycles. The minimum absolute atomic E-state index is 0.0464. The summed E-state index contributed by atoms with van der Waals surface area (Å²) in [4.78, 5) is 23.7. The molecule has 0 aliphatic rings. The van der Waals surface area contributed by atoms with Gasteiger partial charge in [-0.25, -0.2) is 8.42 Å². The summed E-state index contributed by atoms with van der Waals surface area (Å²) in [6, 6.07) is 17.8. The van der Waals surface area contributed by atoms with Gasteiger partial charge in [0.2, 0.25) is 15.9 Å². The molecule has 0 saturated carbocycles. The number of unbranched alkanes of at least 4 members (excludes halogenated alkanes) is 2. The molecule has 0 aliphatic carbocycles. The molecule has 3 aromatic rings. The van der Waals surface area contributed by atoms with Crippen molar-refractivity contribution in [2.24, 2.45) is 5.73 Å². The number of fused-ring (bicyclic) bond motifs is 1. The van der Waals surface area contributed by atoms with Crippen LogP contribution in [0.25, 0.3) is 10.8 Å². The van der Waals surface area contributed by atoms with E-state index in [1.807, 2.05) is 24.3 Å². The average molecular weight is 511 g/mol. The van der Waals surface area contributed by atoms with Crippen LogP contribution in [0.15, 0.2) is 71.6 Å². The molecule has 9 nitrogen and oxygen atoms in total. The van der Waals surface area contributed by atoms with Crippen LogP contribution in [0.5, 0.6) is 0 Å². The number of amides is 1. The minimum Gasteiger partial charge on any atom is -0.481 e. The number of aliphatic carboxylic acids is 1. The Hall–Kier alpha value is -3.76. The summed E-state index contributed by atoms with van der Waals surface area (Å²) >= 11 is 0. The molecule has 3 aromatic carbocycles. The number of benzene rings is 3. The first kappa shape index (κ1) is 26.8. The number of sulfonamides is 1. The second-order valence-electron chi connectivity index (χ2n) is 8.50. The number of nitrogens with two attached hydrogens (primary N) is 1. The van der Waals surface area contributed by atoms with Gasteiger partial charge < -0.3 is 16.2 Å². The van der Waals surface area contributed by atoms with Crippen molar-refractivity contribution >= 4 is 38.5 Å². The van der Waals surface area contributed by atoms with Crippen LogP contribution in [-0.2, 0) is 26.0 Å². The summed E-state index contributed by atoms with van der Waals surface area (Å²) in [7, 11) is -4.03. The zero-order valence-corrected chi connectivity index (χ0v) is 20.6. The highest BCUT2D eigenvalue weighted by Gasteiger charge is 2.26. The Morgan fingerprint density at radius 2 is 1.69 bits per heavy atom. The number of amidine groups is 1. The normalized spacial score (nSPS) is 12.2. The maximum Gasteiger partial charge on any atom is 0.303 e. The summed E-state index contributed by atoms with van der Waals surface area (Å²) < 4.78 is 29.0. The van der Waals surface area contributed by atoms with Crippen molar-refractivity contribution in [1.82, 2.24) is 10.0 Å². The molecule has 0 unspecified atom stereocenters. The SMILES string of the molecule is N=C(N)c1cccc(C[C@H](NS(=O)(=O)c2ccc3ccccc3c2)C(=O)NCCCCCC(=O)O)c1. The maximum atomic E-state index is 13.2. The van der Waals surface area contributed by atoms with Gasteiger partial charge in [0.25, 0.3) is 0 Å². The lowest BCUT2D eigenvalue weighted by molar-refractivity contribution is -0.137. The molecule has 10 heteroatoms. The first-order chi connectivity index (χ1) is 17.2. The molecule has 0 saturated heterocycles. The van der Waals surface area contributed by atoms with E-state index in [0.29, 0.717) is 36.9 Å². The van der Waals surface area contributed by atoms with E-state index in [4.69, 9.17) is 16.2 Å². The van der Waals surface area contributed by atoms with Gasteiger partial charge in [0.05, 0.1) is 4.90 Å². The Labute approximate surface area is 210 Å². The van der Waals surface area contributed by atoms with Gasteiger partial charge in [0, 0.05) is 18.5 Å². The van der Waals surface area contributed by atoms with Crippen LogP contribution < -0.4 is 15.8 Å². The van der Waals surface area contributed by atoms with Gasteiger partial charge in [0.15, 0.2) is 0 Å². The predicted molar refractivity (Wildman–Crippen MR) is 138 cm³/mol. The zero-order valence-electron chi connectivity index (χ0n) is 19.7. The lowest BCUT2D eigenvalue weighted by atomic mass is 10.0. The number of nitrogen functional groups attached to an aromatic ring is 1. The lowest BCUT2D eigenvalue weighted by Crippen LogP contribution is -2.48. The van der Waals surface area contributed by atoms with E-state index in [9.17, 15) is 18.0 Å². The molecule has 190 valence electrons. The number of nitrogens with one attached hydrogen (secondary N) is 3. The fraction of sp³-hybridized carbons (Fsp3) is 0.269. The van der Waals surface area contributed by atoms with Crippen LogP contribution in [0, 0.1) is 5.41 Å². The van der Waals surface area contributed by atoms with Crippen molar-refractivity contribution in [3.05, 3.63) is 77.9 Å². The smallest absolute Gasteiger partial charge is 0.303 e. The van der Waals surface area contributed by atoms with Crippen LogP contribution in [0.1, 0.15) is 36.8 Å². The van der Waals surface area contributed by atoms with Gasteiger partial charge in [-0.2, -0.15) is 4.72 Å². The number of carboxylic acid groups (broad SMARTS) is 1. The summed E-state index contributed by atoms with van der Waals surface area (Å²) in [6.07, 6.45) is 1.82. The van der Waals surface area contributed by atoms with Crippen LogP contribution in [0.4, 0.5) is 0 Å². The van der Waals surface area contributed by atoms with Crippen molar-refractivity contribution in [3.8, 4) is 0 Å². The third-order valence-electron chi connectivity index (χ3n) is 5.69. The molecular weight excluding hydrogens is 480 g/mol. The van der Waals surface area contributed by atoms with E-state index in [1.165, 1.54) is 6.07 Å². The van der Waals surface area contributed by atoms with E-state index < -0.39 is 27.9 Å². The molecule has 0 radical (unpaired) electrons. The Morgan fingerprint density at radius 1 is 0.944 bits per heavy atom. The second kappa shape index (κ2) is 12.3. The summed E-state index contributed by atoms with van der Waals surface area (Å²) in [5.74, 6) is -1.49. The van der Waals surface area contributed by atoms with Crippen molar-refractivity contribution in [1.29, 1.82) is 5.41 Å². The largest absolute Gasteiger partial charge is 0.481 e. The molecule has 6 N–H and O–H groups in total. The molecule has 1 amide bonds. The Morgan fingerprint density at radius 3 is 2.42 bits per heavy atom. The monoisotopic (exact) mass is 510 g/mol. The number of rotatable bonds is 13. The van der Waals surface area contributed by atoms with Crippen molar-refractivity contribution in [2.45, 2.75) is 43.0 Å². The fourth-order valence-electron chi connectivity index (χ4n) is 3.79. The highest BCUT2D eigenvalue weighted by Crippen LogP contribution is 2.19. The van der Waals surface area contributed by atoms with Crippen LogP contribution in [-0.4, -0.2) is 43.8 Å². The number of carbonyl (C=O) groups excluding carboxylic acids is 1. The van der Waals surface area contributed by atoms with Gasteiger partial charge >= 0.3 is 5.97 Å². The van der Waals surface area contributed by atoms with Gasteiger partial charge in [0.1, 0.15) is 11.9 Å². The molecule has 1 atom stereocenters. The molecule has 0 bridgehead atoms. The number of hydrogen-bond donors (Lipinski definition) is 5. The average Bonchev–Trinajstić information content (AvgIpc) is 2.85. The summed E-state index contributed by atoms with van der Waals surface area (Å²) in [6.45, 7) is 0.292. The quantitative estimate of drug-likeness (QED) is 0.135. The first-order valence-electron chi connectivity index (χ1n) is 11.6. The summed E-state index contributed by atoms with van der Waals surface area (Å²) in [5, 5.41) is 20.8. The van der Waals surface area contributed by atoms with E-state index >= 15 is 0 Å². The Kier molecular flexibility index (Phi) is 9.15. The first-order valence-corrected chi connectivity index (χ1v) is 13.1. The van der Waals surface area contributed by atoms with Gasteiger partial charge in [-0.1, -0.05) is 55.0 Å². The molecule has 0 fully saturated rings. The van der Waals surface area contributed by atoms with E-state index in [-0.39, 0.29) is 23.6 Å². The van der Waals surface area contributed by atoms with Crippen molar-refractivity contribution in [3.63, 3.8) is 0 Å². The molecule has 3 rings (SSSR count). The van der Waals surface area contributed by atoms with Crippen molar-refractivity contribution in [2.75, 3.05) is 6.54 Å². The summed E-state index contributed by atoms with van der Waals surface area (Å²) in [5.41, 5.74) is 6.70. The maximum absolute atomic E-state index is 13.2. The fourth-order valence-corrected chi connectivity index (χ4v) is 5.02. The molecular formula is C26H30N4O5S. The van der Waals surface area contributed by atoms with Crippen LogP contribution in [0.3, 0.4) is 0 Å². The van der Waals surface area contributed by atoms with Crippen LogP contribution in [0.2, 0.25) is 0 Å². The zero-order chi connectivity index (χ0) is 26.1. The number of hydrogen-bond acceptors (Lipinski definition) is 5. The number of carbonyl (C=O) groups is 2. The topological polar surface area (TPSA) is 162 Å². The molecule has 0 aromatic heterocycles. The predicted octanol–water partition coefficient (Wildman–Crippen LogP) is 2.77. The molecule has 36 heavy (non-hydrogen) atoms. The third kappa shape index (κ3) is 7.62. The minimum atomic E-state index is -4.03. The van der Waals surface area contributed by atoms with Crippen molar-refractivity contribution < 1.29 is 23.1 Å². The van der Waals surface area contributed by atoms with E-state index in [1.54, 1.807) is 36.4 Å². The Bertz CT molecular complexity index is 1360. The van der Waals surface area contributed by atoms with Gasteiger partial charge in [-0.15, -0.1) is 0 Å². The number of carboxylic acids is 1. The van der Waals surface area contributed by atoms with Gasteiger partial charge in [-0.3, -0.25) is 15.0 Å². The second-order valence-corrected chi connectivity index (χ2v) is 10.2. The van der Waals surface area contributed by atoms with E-state index in [2.05, 4.69) is 10.0 Å². The highest BCUT2D eigenvalue weighted by atomic mass is 32.2. The van der Waals surface area contributed by atoms with E-state index in [0.717, 1.165) is 10.8 Å². The molecule has 0 heterocycles. The van der Waals surface area contributed by atoms with Crippen LogP contribution >= 0.6 is 0 Å².